The van der Waals surface area contributed by atoms with Gasteiger partial charge in [-0.2, -0.15) is 0 Å². The predicted octanol–water partition coefficient (Wildman–Crippen LogP) is 7.73. The van der Waals surface area contributed by atoms with E-state index >= 15 is 9.13 Å². The molecule has 0 aliphatic rings. The van der Waals surface area contributed by atoms with E-state index in [4.69, 9.17) is 9.97 Å². The number of rotatable bonds is 7. The minimum absolute atomic E-state index is 0.735. The lowest BCUT2D eigenvalue weighted by Crippen LogP contribution is -2.25. The molecule has 2 heterocycles. The number of benzene rings is 6. The summed E-state index contributed by atoms with van der Waals surface area (Å²) < 4.78 is 30.8. The molecule has 4 nitrogen and oxygen atoms in total. The molecule has 0 spiro atoms. The van der Waals surface area contributed by atoms with Gasteiger partial charge in [0.25, 0.3) is 0 Å². The summed E-state index contributed by atoms with van der Waals surface area (Å²) in [5, 5.41) is 6.18. The second-order valence-electron chi connectivity index (χ2n) is 11.7. The van der Waals surface area contributed by atoms with Crippen LogP contribution in [-0.2, 0) is 9.13 Å². The van der Waals surface area contributed by atoms with Crippen LogP contribution in [0.3, 0.4) is 0 Å². The first-order valence-electron chi connectivity index (χ1n) is 15.8. The first kappa shape index (κ1) is 30.0. The number of nitrogens with zero attached hydrogens (tertiary/aromatic N) is 2. The molecule has 2 aromatic heterocycles. The van der Waals surface area contributed by atoms with Gasteiger partial charge < -0.3 is 9.13 Å². The first-order valence-corrected chi connectivity index (χ1v) is 19.2. The van der Waals surface area contributed by atoms with Gasteiger partial charge in [-0.15, -0.1) is 0 Å². The third-order valence-corrected chi connectivity index (χ3v) is 15.1. The van der Waals surface area contributed by atoms with Crippen LogP contribution in [-0.4, -0.2) is 9.97 Å². The van der Waals surface area contributed by atoms with Crippen LogP contribution in [0.15, 0.2) is 182 Å². The zero-order valence-corrected chi connectivity index (χ0v) is 27.7. The van der Waals surface area contributed by atoms with E-state index in [2.05, 4.69) is 12.1 Å². The zero-order valence-electron chi connectivity index (χ0n) is 25.9. The third kappa shape index (κ3) is 5.02. The van der Waals surface area contributed by atoms with Crippen LogP contribution in [0.5, 0.6) is 0 Å². The number of aromatic nitrogens is 2. The lowest BCUT2D eigenvalue weighted by molar-refractivity contribution is 0.592. The highest BCUT2D eigenvalue weighted by atomic mass is 31.2. The topological polar surface area (TPSA) is 59.9 Å². The molecule has 0 saturated carbocycles. The summed E-state index contributed by atoms with van der Waals surface area (Å²) in [6, 6.07) is 54.6. The fourth-order valence-electron chi connectivity index (χ4n) is 6.54. The van der Waals surface area contributed by atoms with Crippen LogP contribution < -0.4 is 31.8 Å². The van der Waals surface area contributed by atoms with Gasteiger partial charge in [-0.1, -0.05) is 146 Å². The number of pyridine rings is 2. The second-order valence-corrected chi connectivity index (χ2v) is 17.2. The molecule has 0 saturated heterocycles. The Bertz CT molecular complexity index is 2240. The van der Waals surface area contributed by atoms with Crippen LogP contribution in [0.25, 0.3) is 32.9 Å². The van der Waals surface area contributed by atoms with Crippen molar-refractivity contribution in [3.8, 4) is 11.1 Å². The highest BCUT2D eigenvalue weighted by Crippen LogP contribution is 2.46. The van der Waals surface area contributed by atoms with E-state index in [-0.39, 0.29) is 0 Å². The van der Waals surface area contributed by atoms with Gasteiger partial charge >= 0.3 is 0 Å². The molecule has 0 unspecified atom stereocenters. The van der Waals surface area contributed by atoms with E-state index in [1.165, 1.54) is 0 Å². The van der Waals surface area contributed by atoms with Crippen molar-refractivity contribution in [2.24, 2.45) is 0 Å². The van der Waals surface area contributed by atoms with Gasteiger partial charge in [0, 0.05) is 66.1 Å². The van der Waals surface area contributed by atoms with Crippen LogP contribution >= 0.6 is 14.3 Å². The van der Waals surface area contributed by atoms with Crippen molar-refractivity contribution in [1.29, 1.82) is 0 Å². The summed E-state index contributed by atoms with van der Waals surface area (Å²) in [6.45, 7) is 0. The number of hydrogen-bond acceptors (Lipinski definition) is 4. The molecule has 6 heteroatoms. The summed E-state index contributed by atoms with van der Waals surface area (Å²) in [4.78, 5) is 9.72. The fraction of sp³-hybridized carbons (Fsp3) is 0. The SMILES string of the molecule is O=P(c1ccccc1)(c1ccccc1)c1cccc2ncc(-c3cnc4cccc(P(=O)(c5ccccc5)c5ccccc5)c4c3)cc12. The summed E-state index contributed by atoms with van der Waals surface area (Å²) in [5.41, 5.74) is 3.19. The number of hydrogen-bond donors (Lipinski definition) is 0. The molecule has 8 rings (SSSR count). The lowest BCUT2D eigenvalue weighted by Gasteiger charge is -2.22. The molecule has 0 aliphatic carbocycles. The Morgan fingerprint density at radius 2 is 0.667 bits per heavy atom. The van der Waals surface area contributed by atoms with Crippen molar-refractivity contribution >= 4 is 67.9 Å². The average Bonchev–Trinajstić information content (AvgIpc) is 3.17. The van der Waals surface area contributed by atoms with Crippen molar-refractivity contribution in [2.45, 2.75) is 0 Å². The molecule has 0 N–H and O–H groups in total. The largest absolute Gasteiger partial charge is 0.309 e. The molecule has 230 valence electrons. The second kappa shape index (κ2) is 12.3. The maximum absolute atomic E-state index is 15.4. The molecular weight excluding hydrogens is 626 g/mol. The van der Waals surface area contributed by atoms with Gasteiger partial charge in [0.2, 0.25) is 0 Å². The zero-order chi connectivity index (χ0) is 32.6. The highest BCUT2D eigenvalue weighted by molar-refractivity contribution is 7.86. The minimum atomic E-state index is -3.26. The fourth-order valence-corrected chi connectivity index (χ4v) is 12.2. The molecule has 0 bridgehead atoms. The molecule has 0 aliphatic heterocycles. The molecule has 6 aromatic carbocycles. The van der Waals surface area contributed by atoms with E-state index in [9.17, 15) is 0 Å². The molecule has 0 radical (unpaired) electrons. The Labute approximate surface area is 279 Å². The molecule has 0 amide bonds. The summed E-state index contributed by atoms with van der Waals surface area (Å²) >= 11 is 0. The monoisotopic (exact) mass is 656 g/mol. The van der Waals surface area contributed by atoms with Crippen LogP contribution in [0, 0.1) is 0 Å². The first-order chi connectivity index (χ1) is 23.6. The normalized spacial score (nSPS) is 11.9. The summed E-state index contributed by atoms with van der Waals surface area (Å²) in [7, 11) is -6.53. The average molecular weight is 657 g/mol. The van der Waals surface area contributed by atoms with Gasteiger partial charge in [0.05, 0.1) is 11.0 Å². The predicted molar refractivity (Wildman–Crippen MR) is 201 cm³/mol. The van der Waals surface area contributed by atoms with Gasteiger partial charge in [0.1, 0.15) is 0 Å². The Kier molecular flexibility index (Phi) is 7.69. The molecular formula is C42H30N2O2P2. The quantitative estimate of drug-likeness (QED) is 0.165. The molecule has 48 heavy (non-hydrogen) atoms. The standard InChI is InChI=1S/C42H30N2O2P2/c45-47(33-15-5-1-6-16-33,34-17-7-2-8-18-34)41-25-13-23-39-37(41)27-31(29-43-39)32-28-38-40(44-30-32)24-14-26-42(38)48(46,35-19-9-3-10-20-35)36-21-11-4-12-22-36/h1-30H. The van der Waals surface area contributed by atoms with Crippen molar-refractivity contribution in [3.05, 3.63) is 182 Å². The Morgan fingerprint density at radius 3 is 0.979 bits per heavy atom. The van der Waals surface area contributed by atoms with Gasteiger partial charge in [0.15, 0.2) is 14.3 Å². The van der Waals surface area contributed by atoms with E-state index in [0.717, 1.165) is 64.8 Å². The minimum Gasteiger partial charge on any atom is -0.309 e. The smallest absolute Gasteiger partial charge is 0.171 e. The van der Waals surface area contributed by atoms with E-state index < -0.39 is 14.3 Å². The Balaban J connectivity index is 1.34. The Hall–Kier alpha value is -5.40. The van der Waals surface area contributed by atoms with E-state index in [0.29, 0.717) is 0 Å². The van der Waals surface area contributed by atoms with Gasteiger partial charge in [-0.25, -0.2) is 0 Å². The van der Waals surface area contributed by atoms with Crippen molar-refractivity contribution < 1.29 is 9.13 Å². The maximum Gasteiger partial charge on any atom is 0.171 e. The lowest BCUT2D eigenvalue weighted by atomic mass is 10.0. The molecule has 8 aromatic rings. The van der Waals surface area contributed by atoms with Crippen molar-refractivity contribution in [3.63, 3.8) is 0 Å². The van der Waals surface area contributed by atoms with Gasteiger partial charge in [-0.05, 0) is 24.3 Å². The highest BCUT2D eigenvalue weighted by Gasteiger charge is 2.33. The van der Waals surface area contributed by atoms with Crippen molar-refractivity contribution in [1.82, 2.24) is 9.97 Å². The Morgan fingerprint density at radius 1 is 0.354 bits per heavy atom. The number of fused-ring (bicyclic) bond motifs is 2. The third-order valence-electron chi connectivity index (χ3n) is 8.90. The van der Waals surface area contributed by atoms with E-state index in [1.54, 1.807) is 0 Å². The van der Waals surface area contributed by atoms with Crippen LogP contribution in [0.4, 0.5) is 0 Å². The van der Waals surface area contributed by atoms with Crippen LogP contribution in [0.1, 0.15) is 0 Å². The van der Waals surface area contributed by atoms with Crippen molar-refractivity contribution in [2.75, 3.05) is 0 Å². The van der Waals surface area contributed by atoms with Gasteiger partial charge in [-0.3, -0.25) is 9.97 Å². The van der Waals surface area contributed by atoms with Crippen LogP contribution in [0.2, 0.25) is 0 Å². The molecule has 0 atom stereocenters. The maximum atomic E-state index is 15.4. The molecule has 0 fully saturated rings. The summed E-state index contributed by atoms with van der Waals surface area (Å²) in [6.07, 6.45) is 3.67. The summed E-state index contributed by atoms with van der Waals surface area (Å²) in [5.74, 6) is 0. The van der Waals surface area contributed by atoms with E-state index in [1.807, 2.05) is 170 Å².